The monoisotopic (exact) mass is 327 g/mol. The molecule has 2 heterocycles. The molecule has 1 aromatic heterocycles. The third kappa shape index (κ3) is 4.23. The Balaban J connectivity index is 2.00. The number of likely N-dealkylation sites (tertiary alicyclic amines) is 1. The van der Waals surface area contributed by atoms with Crippen LogP contribution >= 0.6 is 11.8 Å². The second-order valence-electron chi connectivity index (χ2n) is 6.31. The molecule has 0 bridgehead atoms. The fraction of sp³-hybridized carbons (Fsp3) is 0.643. The van der Waals surface area contributed by atoms with Crippen molar-refractivity contribution in [2.45, 2.75) is 49.8 Å². The van der Waals surface area contributed by atoms with Crippen LogP contribution in [0.5, 0.6) is 0 Å². The van der Waals surface area contributed by atoms with Gasteiger partial charge >= 0.3 is 6.09 Å². The SMILES string of the molecule is Cc1cnc(S[C@@H]2CN(C(=O)OC(C)(C)C)C[C@H]2O)[nH]c1=O. The number of ether oxygens (including phenoxy) is 1. The summed E-state index contributed by atoms with van der Waals surface area (Å²) in [6.45, 7) is 7.62. The molecule has 22 heavy (non-hydrogen) atoms. The fourth-order valence-electron chi connectivity index (χ4n) is 1.99. The number of aromatic amines is 1. The van der Waals surface area contributed by atoms with Gasteiger partial charge in [0.2, 0.25) is 0 Å². The van der Waals surface area contributed by atoms with Gasteiger partial charge in [-0.1, -0.05) is 11.8 Å². The second-order valence-corrected chi connectivity index (χ2v) is 7.54. The molecule has 0 saturated carbocycles. The molecule has 1 fully saturated rings. The fourth-order valence-corrected chi connectivity index (χ4v) is 3.04. The molecule has 1 aliphatic heterocycles. The predicted octanol–water partition coefficient (Wildman–Crippen LogP) is 1.15. The molecule has 0 spiro atoms. The highest BCUT2D eigenvalue weighted by Gasteiger charge is 2.37. The zero-order valence-electron chi connectivity index (χ0n) is 13.1. The Morgan fingerprint density at radius 2 is 2.18 bits per heavy atom. The third-order valence-electron chi connectivity index (χ3n) is 3.11. The maximum atomic E-state index is 12.0. The molecule has 1 aliphatic rings. The zero-order valence-corrected chi connectivity index (χ0v) is 13.9. The molecule has 1 saturated heterocycles. The molecule has 2 rings (SSSR count). The number of β-amino-alcohol motifs (C(OH)–C–C–N with tert-alkyl or cyclic N) is 1. The van der Waals surface area contributed by atoms with Gasteiger partial charge in [-0.25, -0.2) is 9.78 Å². The number of H-pyrrole nitrogens is 1. The van der Waals surface area contributed by atoms with Crippen LogP contribution in [0.4, 0.5) is 4.79 Å². The number of nitrogens with zero attached hydrogens (tertiary/aromatic N) is 2. The Labute approximate surface area is 133 Å². The lowest BCUT2D eigenvalue weighted by Gasteiger charge is -2.24. The summed E-state index contributed by atoms with van der Waals surface area (Å²) in [6, 6.07) is 0. The minimum absolute atomic E-state index is 0.200. The van der Waals surface area contributed by atoms with Crippen molar-refractivity contribution in [3.63, 3.8) is 0 Å². The summed E-state index contributed by atoms with van der Waals surface area (Å²) < 4.78 is 5.30. The Bertz CT molecular complexity index is 611. The van der Waals surface area contributed by atoms with Gasteiger partial charge in [-0.15, -0.1) is 0 Å². The highest BCUT2D eigenvalue weighted by Crippen LogP contribution is 2.28. The minimum atomic E-state index is -0.691. The number of hydrogen-bond donors (Lipinski definition) is 2. The van der Waals surface area contributed by atoms with Gasteiger partial charge in [0, 0.05) is 18.3 Å². The number of carbonyl (C=O) groups is 1. The predicted molar refractivity (Wildman–Crippen MR) is 83.1 cm³/mol. The highest BCUT2D eigenvalue weighted by molar-refractivity contribution is 7.99. The van der Waals surface area contributed by atoms with E-state index in [1.165, 1.54) is 22.9 Å². The zero-order chi connectivity index (χ0) is 16.5. The molecular weight excluding hydrogens is 306 g/mol. The summed E-state index contributed by atoms with van der Waals surface area (Å²) in [7, 11) is 0. The quantitative estimate of drug-likeness (QED) is 0.791. The molecule has 8 heteroatoms. The van der Waals surface area contributed by atoms with Crippen molar-refractivity contribution in [3.8, 4) is 0 Å². The van der Waals surface area contributed by atoms with E-state index in [4.69, 9.17) is 4.74 Å². The van der Waals surface area contributed by atoms with E-state index < -0.39 is 17.8 Å². The first-order valence-electron chi connectivity index (χ1n) is 7.04. The van der Waals surface area contributed by atoms with Crippen molar-refractivity contribution in [1.82, 2.24) is 14.9 Å². The molecule has 1 aromatic rings. The number of aromatic nitrogens is 2. The smallest absolute Gasteiger partial charge is 0.410 e. The van der Waals surface area contributed by atoms with Crippen molar-refractivity contribution in [1.29, 1.82) is 0 Å². The number of thioether (sulfide) groups is 1. The van der Waals surface area contributed by atoms with Crippen molar-refractivity contribution in [3.05, 3.63) is 22.1 Å². The summed E-state index contributed by atoms with van der Waals surface area (Å²) >= 11 is 1.26. The Morgan fingerprint density at radius 1 is 1.50 bits per heavy atom. The number of carbonyl (C=O) groups excluding carboxylic acids is 1. The van der Waals surface area contributed by atoms with Gasteiger partial charge in [0.25, 0.3) is 5.56 Å². The van der Waals surface area contributed by atoms with E-state index in [9.17, 15) is 14.7 Å². The van der Waals surface area contributed by atoms with E-state index in [-0.39, 0.29) is 17.4 Å². The van der Waals surface area contributed by atoms with Crippen LogP contribution in [0.25, 0.3) is 0 Å². The van der Waals surface area contributed by atoms with Crippen molar-refractivity contribution in [2.75, 3.05) is 13.1 Å². The van der Waals surface area contributed by atoms with Crippen molar-refractivity contribution >= 4 is 17.9 Å². The van der Waals surface area contributed by atoms with Crippen LogP contribution < -0.4 is 5.56 Å². The first-order valence-corrected chi connectivity index (χ1v) is 7.92. The van der Waals surface area contributed by atoms with Crippen molar-refractivity contribution < 1.29 is 14.6 Å². The number of aliphatic hydroxyl groups is 1. The first-order chi connectivity index (χ1) is 10.2. The Morgan fingerprint density at radius 3 is 2.77 bits per heavy atom. The van der Waals surface area contributed by atoms with E-state index >= 15 is 0 Å². The van der Waals surface area contributed by atoms with Crippen LogP contribution in [0.2, 0.25) is 0 Å². The van der Waals surface area contributed by atoms with Crippen LogP contribution in [-0.2, 0) is 4.74 Å². The van der Waals surface area contributed by atoms with E-state index in [2.05, 4.69) is 9.97 Å². The summed E-state index contributed by atoms with van der Waals surface area (Å²) in [5.74, 6) is 0. The number of rotatable bonds is 2. The van der Waals surface area contributed by atoms with Crippen LogP contribution in [0.3, 0.4) is 0 Å². The van der Waals surface area contributed by atoms with E-state index in [1.807, 2.05) is 0 Å². The van der Waals surface area contributed by atoms with Crippen LogP contribution in [0.15, 0.2) is 16.1 Å². The minimum Gasteiger partial charge on any atom is -0.444 e. The number of aryl methyl sites for hydroxylation is 1. The van der Waals surface area contributed by atoms with Gasteiger partial charge in [0.05, 0.1) is 17.9 Å². The number of aliphatic hydroxyl groups excluding tert-OH is 1. The average Bonchev–Trinajstić information content (AvgIpc) is 2.74. The third-order valence-corrected chi connectivity index (χ3v) is 4.30. The van der Waals surface area contributed by atoms with Gasteiger partial charge in [-0.3, -0.25) is 4.79 Å². The molecule has 0 aliphatic carbocycles. The maximum absolute atomic E-state index is 12.0. The highest BCUT2D eigenvalue weighted by atomic mass is 32.2. The molecular formula is C14H21N3O4S. The molecule has 2 N–H and O–H groups in total. The van der Waals surface area contributed by atoms with Gasteiger partial charge in [0.15, 0.2) is 5.16 Å². The standard InChI is InChI=1S/C14H21N3O4S/c1-8-5-15-12(16-11(8)19)22-10-7-17(6-9(10)18)13(20)21-14(2,3)4/h5,9-10,18H,6-7H2,1-4H3,(H,15,16,19)/t9-,10-/m1/s1. The van der Waals surface area contributed by atoms with Crippen LogP contribution in [0.1, 0.15) is 26.3 Å². The summed E-state index contributed by atoms with van der Waals surface area (Å²) in [6.07, 6.45) is 0.359. The Kier molecular flexibility index (Phi) is 4.81. The van der Waals surface area contributed by atoms with Gasteiger partial charge < -0.3 is 19.7 Å². The number of hydrogen-bond acceptors (Lipinski definition) is 6. The molecule has 1 amide bonds. The van der Waals surface area contributed by atoms with Gasteiger partial charge in [0.1, 0.15) is 5.60 Å². The second kappa shape index (κ2) is 6.29. The first kappa shape index (κ1) is 16.8. The van der Waals surface area contributed by atoms with E-state index in [1.54, 1.807) is 27.7 Å². The lowest BCUT2D eigenvalue weighted by molar-refractivity contribution is 0.0270. The molecule has 0 aromatic carbocycles. The molecule has 7 nitrogen and oxygen atoms in total. The summed E-state index contributed by atoms with van der Waals surface area (Å²) in [5.41, 5.74) is -0.238. The number of nitrogens with one attached hydrogen (secondary N) is 1. The van der Waals surface area contributed by atoms with E-state index in [0.29, 0.717) is 17.3 Å². The Hall–Kier alpha value is -1.54. The summed E-state index contributed by atoms with van der Waals surface area (Å²) in [4.78, 5) is 31.8. The van der Waals surface area contributed by atoms with Gasteiger partial charge in [-0.2, -0.15) is 0 Å². The number of amides is 1. The average molecular weight is 327 g/mol. The molecule has 0 unspecified atom stereocenters. The lowest BCUT2D eigenvalue weighted by Crippen LogP contribution is -2.35. The topological polar surface area (TPSA) is 95.5 Å². The van der Waals surface area contributed by atoms with E-state index in [0.717, 1.165) is 0 Å². The molecule has 2 atom stereocenters. The summed E-state index contributed by atoms with van der Waals surface area (Å²) in [5, 5.41) is 10.3. The van der Waals surface area contributed by atoms with Gasteiger partial charge in [-0.05, 0) is 27.7 Å². The van der Waals surface area contributed by atoms with Crippen LogP contribution in [-0.4, -0.2) is 56.1 Å². The maximum Gasteiger partial charge on any atom is 0.410 e. The van der Waals surface area contributed by atoms with Crippen molar-refractivity contribution in [2.24, 2.45) is 0 Å². The lowest BCUT2D eigenvalue weighted by atomic mass is 10.2. The largest absolute Gasteiger partial charge is 0.444 e. The van der Waals surface area contributed by atoms with Crippen LogP contribution in [0, 0.1) is 6.92 Å². The molecule has 122 valence electrons. The molecule has 0 radical (unpaired) electrons. The normalized spacial score (nSPS) is 22.0.